The van der Waals surface area contributed by atoms with Gasteiger partial charge in [-0.25, -0.2) is 4.39 Å². The van der Waals surface area contributed by atoms with Gasteiger partial charge in [0.2, 0.25) is 0 Å². The molecule has 0 spiro atoms. The molecular formula is C22H16Cl2FN3S. The number of hydrogen-bond acceptors (Lipinski definition) is 3. The van der Waals surface area contributed by atoms with Gasteiger partial charge in [-0.3, -0.25) is 4.57 Å². The highest BCUT2D eigenvalue weighted by Gasteiger charge is 2.17. The van der Waals surface area contributed by atoms with Gasteiger partial charge in [-0.2, -0.15) is 0 Å². The minimum Gasteiger partial charge on any atom is -0.270 e. The highest BCUT2D eigenvalue weighted by atomic mass is 35.5. The monoisotopic (exact) mass is 443 g/mol. The van der Waals surface area contributed by atoms with E-state index in [1.807, 2.05) is 60.0 Å². The number of nitrogens with zero attached hydrogens (tertiary/aromatic N) is 3. The van der Waals surface area contributed by atoms with E-state index in [1.54, 1.807) is 12.1 Å². The lowest BCUT2D eigenvalue weighted by Gasteiger charge is -2.11. The normalized spacial score (nSPS) is 11.0. The van der Waals surface area contributed by atoms with E-state index in [-0.39, 0.29) is 5.82 Å². The van der Waals surface area contributed by atoms with Gasteiger partial charge >= 0.3 is 0 Å². The quantitative estimate of drug-likeness (QED) is 0.311. The SMILES string of the molecule is Cc1ccc(-n2c(SCc3c(F)cccc3Cl)nnc2-c2ccc(Cl)cc2)cc1. The maximum atomic E-state index is 14.2. The summed E-state index contributed by atoms with van der Waals surface area (Å²) >= 11 is 13.6. The molecule has 7 heteroatoms. The Morgan fingerprint density at radius 3 is 2.34 bits per heavy atom. The van der Waals surface area contributed by atoms with Crippen molar-refractivity contribution in [2.75, 3.05) is 0 Å². The molecule has 0 bridgehead atoms. The second kappa shape index (κ2) is 8.57. The zero-order chi connectivity index (χ0) is 20.4. The van der Waals surface area contributed by atoms with E-state index >= 15 is 0 Å². The molecule has 0 saturated carbocycles. The molecule has 4 aromatic rings. The maximum Gasteiger partial charge on any atom is 0.196 e. The van der Waals surface area contributed by atoms with Crippen LogP contribution in [0.1, 0.15) is 11.1 Å². The molecule has 146 valence electrons. The van der Waals surface area contributed by atoms with Crippen LogP contribution in [0.4, 0.5) is 4.39 Å². The van der Waals surface area contributed by atoms with Crippen molar-refractivity contribution < 1.29 is 4.39 Å². The van der Waals surface area contributed by atoms with Crippen molar-refractivity contribution in [2.45, 2.75) is 17.8 Å². The van der Waals surface area contributed by atoms with Crippen molar-refractivity contribution in [1.29, 1.82) is 0 Å². The van der Waals surface area contributed by atoms with Crippen LogP contribution in [-0.4, -0.2) is 14.8 Å². The largest absolute Gasteiger partial charge is 0.270 e. The Hall–Kier alpha value is -2.34. The van der Waals surface area contributed by atoms with E-state index in [9.17, 15) is 4.39 Å². The van der Waals surface area contributed by atoms with Crippen LogP contribution in [0.2, 0.25) is 10.0 Å². The van der Waals surface area contributed by atoms with Crippen molar-refractivity contribution in [2.24, 2.45) is 0 Å². The average molecular weight is 444 g/mol. The van der Waals surface area contributed by atoms with Crippen molar-refractivity contribution >= 4 is 35.0 Å². The van der Waals surface area contributed by atoms with Gasteiger partial charge in [0.25, 0.3) is 0 Å². The van der Waals surface area contributed by atoms with Gasteiger partial charge in [-0.1, -0.05) is 58.7 Å². The molecule has 3 aromatic carbocycles. The molecule has 29 heavy (non-hydrogen) atoms. The van der Waals surface area contributed by atoms with Gasteiger partial charge in [0.05, 0.1) is 0 Å². The van der Waals surface area contributed by atoms with Crippen LogP contribution in [0.15, 0.2) is 71.9 Å². The van der Waals surface area contributed by atoms with Crippen molar-refractivity contribution in [3.05, 3.63) is 93.7 Å². The molecule has 0 aliphatic carbocycles. The molecule has 0 aliphatic heterocycles. The van der Waals surface area contributed by atoms with Gasteiger partial charge in [0.1, 0.15) is 5.82 Å². The molecule has 0 aliphatic rings. The van der Waals surface area contributed by atoms with E-state index in [0.29, 0.717) is 32.3 Å². The van der Waals surface area contributed by atoms with Crippen LogP contribution in [0.3, 0.4) is 0 Å². The van der Waals surface area contributed by atoms with E-state index in [2.05, 4.69) is 10.2 Å². The maximum absolute atomic E-state index is 14.2. The summed E-state index contributed by atoms with van der Waals surface area (Å²) in [6.07, 6.45) is 0. The zero-order valence-corrected chi connectivity index (χ0v) is 17.8. The number of hydrogen-bond donors (Lipinski definition) is 0. The minimum absolute atomic E-state index is 0.329. The summed E-state index contributed by atoms with van der Waals surface area (Å²) in [6, 6.07) is 20.2. The van der Waals surface area contributed by atoms with Crippen LogP contribution >= 0.6 is 35.0 Å². The Bertz CT molecular complexity index is 1120. The second-order valence-corrected chi connectivity index (χ2v) is 8.26. The molecule has 3 nitrogen and oxygen atoms in total. The number of thioether (sulfide) groups is 1. The smallest absolute Gasteiger partial charge is 0.196 e. The highest BCUT2D eigenvalue weighted by Crippen LogP contribution is 2.32. The van der Waals surface area contributed by atoms with E-state index in [4.69, 9.17) is 23.2 Å². The Labute approximate surface area is 182 Å². The third-order valence-electron chi connectivity index (χ3n) is 4.44. The van der Waals surface area contributed by atoms with Crippen molar-refractivity contribution in [1.82, 2.24) is 14.8 Å². The zero-order valence-electron chi connectivity index (χ0n) is 15.4. The standard InChI is InChI=1S/C22H16Cl2FN3S/c1-14-5-11-17(12-6-14)28-21(15-7-9-16(23)10-8-15)26-27-22(28)29-13-18-19(24)3-2-4-20(18)25/h2-12H,13H2,1H3. The Balaban J connectivity index is 1.75. The first-order valence-electron chi connectivity index (χ1n) is 8.87. The lowest BCUT2D eigenvalue weighted by molar-refractivity contribution is 0.617. The van der Waals surface area contributed by atoms with Gasteiger partial charge in [0.15, 0.2) is 11.0 Å². The lowest BCUT2D eigenvalue weighted by Crippen LogP contribution is -2.00. The highest BCUT2D eigenvalue weighted by molar-refractivity contribution is 7.98. The van der Waals surface area contributed by atoms with Crippen molar-refractivity contribution in [3.63, 3.8) is 0 Å². The van der Waals surface area contributed by atoms with Crippen LogP contribution in [0, 0.1) is 12.7 Å². The number of halogens is 3. The second-order valence-electron chi connectivity index (χ2n) is 6.47. The molecule has 0 atom stereocenters. The number of aryl methyl sites for hydroxylation is 1. The Kier molecular flexibility index (Phi) is 5.90. The Morgan fingerprint density at radius 1 is 0.931 bits per heavy atom. The lowest BCUT2D eigenvalue weighted by atomic mass is 10.2. The molecule has 0 unspecified atom stereocenters. The molecule has 0 amide bonds. The van der Waals surface area contributed by atoms with Gasteiger partial charge in [0, 0.05) is 32.6 Å². The fourth-order valence-corrected chi connectivity index (χ4v) is 4.30. The Morgan fingerprint density at radius 2 is 1.66 bits per heavy atom. The number of benzene rings is 3. The fourth-order valence-electron chi connectivity index (χ4n) is 2.88. The third kappa shape index (κ3) is 4.32. The summed E-state index contributed by atoms with van der Waals surface area (Å²) < 4.78 is 16.1. The number of aromatic nitrogens is 3. The molecule has 0 radical (unpaired) electrons. The van der Waals surface area contributed by atoms with Gasteiger partial charge < -0.3 is 0 Å². The minimum atomic E-state index is -0.329. The average Bonchev–Trinajstić information content (AvgIpc) is 3.13. The molecular weight excluding hydrogens is 428 g/mol. The van der Waals surface area contributed by atoms with Gasteiger partial charge in [-0.05, 0) is 55.5 Å². The third-order valence-corrected chi connectivity index (χ3v) is 6.00. The first-order valence-corrected chi connectivity index (χ1v) is 10.6. The summed E-state index contributed by atoms with van der Waals surface area (Å²) in [7, 11) is 0. The van der Waals surface area contributed by atoms with Crippen molar-refractivity contribution in [3.8, 4) is 17.1 Å². The summed E-state index contributed by atoms with van der Waals surface area (Å²) in [5, 5.41) is 10.5. The summed E-state index contributed by atoms with van der Waals surface area (Å²) in [4.78, 5) is 0. The van der Waals surface area contributed by atoms with Crippen LogP contribution in [-0.2, 0) is 5.75 Å². The molecule has 0 saturated heterocycles. The summed E-state index contributed by atoms with van der Waals surface area (Å²) in [5.74, 6) is 0.702. The van der Waals surface area contributed by atoms with Crippen LogP contribution in [0.25, 0.3) is 17.1 Å². The van der Waals surface area contributed by atoms with E-state index in [0.717, 1.165) is 16.8 Å². The fraction of sp³-hybridized carbons (Fsp3) is 0.0909. The molecule has 0 N–H and O–H groups in total. The summed E-state index contributed by atoms with van der Waals surface area (Å²) in [6.45, 7) is 2.03. The first kappa shape index (κ1) is 20.0. The first-order chi connectivity index (χ1) is 14.0. The summed E-state index contributed by atoms with van der Waals surface area (Å²) in [5.41, 5.74) is 3.42. The molecule has 1 heterocycles. The van der Waals surface area contributed by atoms with Crippen LogP contribution in [0.5, 0.6) is 0 Å². The predicted molar refractivity (Wildman–Crippen MR) is 118 cm³/mol. The number of rotatable bonds is 5. The topological polar surface area (TPSA) is 30.7 Å². The van der Waals surface area contributed by atoms with Crippen LogP contribution < -0.4 is 0 Å². The van der Waals surface area contributed by atoms with Gasteiger partial charge in [-0.15, -0.1) is 10.2 Å². The molecule has 1 aromatic heterocycles. The van der Waals surface area contributed by atoms with E-state index < -0.39 is 0 Å². The van der Waals surface area contributed by atoms with E-state index in [1.165, 1.54) is 17.8 Å². The molecule has 4 rings (SSSR count). The molecule has 0 fully saturated rings. The predicted octanol–water partition coefficient (Wildman–Crippen LogP) is 6.98.